The van der Waals surface area contributed by atoms with E-state index in [4.69, 9.17) is 11.6 Å². The molecule has 0 atom stereocenters. The van der Waals surface area contributed by atoms with Crippen LogP contribution in [-0.2, 0) is 7.05 Å². The van der Waals surface area contributed by atoms with E-state index in [-0.39, 0.29) is 5.69 Å². The van der Waals surface area contributed by atoms with Gasteiger partial charge < -0.3 is 9.67 Å². The van der Waals surface area contributed by atoms with Gasteiger partial charge in [0.15, 0.2) is 5.69 Å². The van der Waals surface area contributed by atoms with E-state index in [2.05, 4.69) is 20.9 Å². The van der Waals surface area contributed by atoms with Gasteiger partial charge in [0.2, 0.25) is 5.78 Å². The first-order valence-corrected chi connectivity index (χ1v) is 6.23. The molecule has 3 rings (SSSR count). The van der Waals surface area contributed by atoms with Crippen molar-refractivity contribution < 1.29 is 9.90 Å². The third-order valence-electron chi connectivity index (χ3n) is 2.85. The minimum absolute atomic E-state index is 0.152. The molecule has 0 unspecified atom stereocenters. The molecule has 0 amide bonds. The Kier molecular flexibility index (Phi) is 2.39. The molecule has 0 spiro atoms. The van der Waals surface area contributed by atoms with Crippen LogP contribution < -0.4 is 0 Å². The predicted octanol–water partition coefficient (Wildman–Crippen LogP) is 2.94. The normalized spacial score (nSPS) is 11.5. The molecule has 18 heavy (non-hydrogen) atoms. The Morgan fingerprint density at radius 1 is 1.50 bits per heavy atom. The van der Waals surface area contributed by atoms with Crippen molar-refractivity contribution in [2.24, 2.45) is 7.05 Å². The number of benzene rings is 1. The lowest BCUT2D eigenvalue weighted by Crippen LogP contribution is -2.05. The van der Waals surface area contributed by atoms with Crippen molar-refractivity contribution >= 4 is 50.3 Å². The van der Waals surface area contributed by atoms with E-state index in [0.717, 1.165) is 5.52 Å². The highest BCUT2D eigenvalue weighted by Gasteiger charge is 2.22. The van der Waals surface area contributed by atoms with Crippen LogP contribution in [0.15, 0.2) is 22.8 Å². The van der Waals surface area contributed by atoms with E-state index in [1.807, 2.05) is 6.07 Å². The largest absolute Gasteiger partial charge is 0.476 e. The van der Waals surface area contributed by atoms with Crippen LogP contribution in [0.4, 0.5) is 0 Å². The molecule has 1 aromatic carbocycles. The van der Waals surface area contributed by atoms with Crippen molar-refractivity contribution in [2.45, 2.75) is 0 Å². The number of hydrogen-bond donors (Lipinski definition) is 1. The number of aromatic carboxylic acids is 1. The quantitative estimate of drug-likeness (QED) is 0.747. The minimum atomic E-state index is -1.01. The summed E-state index contributed by atoms with van der Waals surface area (Å²) in [7, 11) is 1.66. The summed E-state index contributed by atoms with van der Waals surface area (Å²) in [4.78, 5) is 15.6. The Morgan fingerprint density at radius 3 is 2.89 bits per heavy atom. The Morgan fingerprint density at radius 2 is 2.22 bits per heavy atom. The van der Waals surface area contributed by atoms with E-state index >= 15 is 0 Å². The molecule has 0 aliphatic carbocycles. The SMILES string of the molecule is Cn1c(C(=O)O)c(Br)n2c3cccc(Cl)c3nc12. The first kappa shape index (κ1) is 11.6. The number of para-hydroxylation sites is 1. The molecule has 3 aromatic rings. The summed E-state index contributed by atoms with van der Waals surface area (Å²) in [6.45, 7) is 0. The van der Waals surface area contributed by atoms with E-state index in [0.29, 0.717) is 20.9 Å². The first-order valence-electron chi connectivity index (χ1n) is 5.06. The summed E-state index contributed by atoms with van der Waals surface area (Å²) in [5.41, 5.74) is 1.58. The lowest BCUT2D eigenvalue weighted by Gasteiger charge is -1.97. The number of carboxylic acid groups (broad SMARTS) is 1. The van der Waals surface area contributed by atoms with Gasteiger partial charge in [-0.05, 0) is 28.1 Å². The van der Waals surface area contributed by atoms with Crippen LogP contribution in [-0.4, -0.2) is 25.0 Å². The Bertz CT molecular complexity index is 806. The molecule has 0 saturated carbocycles. The smallest absolute Gasteiger partial charge is 0.355 e. The van der Waals surface area contributed by atoms with Gasteiger partial charge in [0.05, 0.1) is 10.5 Å². The monoisotopic (exact) mass is 327 g/mol. The van der Waals surface area contributed by atoms with Crippen molar-refractivity contribution in [1.29, 1.82) is 0 Å². The number of aromatic nitrogens is 3. The van der Waals surface area contributed by atoms with Crippen molar-refractivity contribution in [3.05, 3.63) is 33.5 Å². The lowest BCUT2D eigenvalue weighted by atomic mass is 10.3. The highest BCUT2D eigenvalue weighted by Crippen LogP contribution is 2.30. The summed E-state index contributed by atoms with van der Waals surface area (Å²) in [5.74, 6) is -0.479. The summed E-state index contributed by atoms with van der Waals surface area (Å²) in [5, 5.41) is 9.72. The fourth-order valence-electron chi connectivity index (χ4n) is 2.05. The topological polar surface area (TPSA) is 59.5 Å². The molecule has 0 fully saturated rings. The van der Waals surface area contributed by atoms with E-state index in [9.17, 15) is 9.90 Å². The molecule has 2 aromatic heterocycles. The average molecular weight is 329 g/mol. The number of hydrogen-bond acceptors (Lipinski definition) is 2. The number of aryl methyl sites for hydroxylation is 1. The Balaban J connectivity index is 2.57. The van der Waals surface area contributed by atoms with Crippen LogP contribution >= 0.6 is 27.5 Å². The van der Waals surface area contributed by atoms with Gasteiger partial charge in [-0.2, -0.15) is 0 Å². The molecular weight excluding hydrogens is 321 g/mol. The zero-order chi connectivity index (χ0) is 13.0. The number of fused-ring (bicyclic) bond motifs is 3. The Labute approximate surface area is 115 Å². The molecule has 0 aliphatic rings. The van der Waals surface area contributed by atoms with Crippen LogP contribution in [0.25, 0.3) is 16.8 Å². The molecule has 2 heterocycles. The van der Waals surface area contributed by atoms with Gasteiger partial charge in [0.25, 0.3) is 0 Å². The second-order valence-electron chi connectivity index (χ2n) is 3.86. The summed E-state index contributed by atoms with van der Waals surface area (Å²) in [6.07, 6.45) is 0. The van der Waals surface area contributed by atoms with Gasteiger partial charge in [0.1, 0.15) is 10.1 Å². The standard InChI is InChI=1S/C11H7BrClN3O2/c1-15-8(10(17)18)9(12)16-6-4-2-3-5(13)7(6)14-11(15)16/h2-4H,1H3,(H,17,18). The van der Waals surface area contributed by atoms with Crippen molar-refractivity contribution in [3.8, 4) is 0 Å². The van der Waals surface area contributed by atoms with Crippen molar-refractivity contribution in [1.82, 2.24) is 14.0 Å². The second kappa shape index (κ2) is 3.73. The maximum absolute atomic E-state index is 11.2. The van der Waals surface area contributed by atoms with Crippen molar-refractivity contribution in [3.63, 3.8) is 0 Å². The van der Waals surface area contributed by atoms with E-state index in [1.54, 1.807) is 23.6 Å². The van der Waals surface area contributed by atoms with Crippen LogP contribution in [0, 0.1) is 0 Å². The third kappa shape index (κ3) is 1.33. The number of rotatable bonds is 1. The number of halogens is 2. The van der Waals surface area contributed by atoms with E-state index < -0.39 is 5.97 Å². The highest BCUT2D eigenvalue weighted by atomic mass is 79.9. The molecule has 0 saturated heterocycles. The molecular formula is C11H7BrClN3O2. The third-order valence-corrected chi connectivity index (χ3v) is 3.88. The van der Waals surface area contributed by atoms with Crippen molar-refractivity contribution in [2.75, 3.05) is 0 Å². The van der Waals surface area contributed by atoms with Gasteiger partial charge in [-0.15, -0.1) is 0 Å². The number of nitrogens with zero attached hydrogens (tertiary/aromatic N) is 3. The van der Waals surface area contributed by atoms with Crippen LogP contribution in [0.5, 0.6) is 0 Å². The molecule has 1 N–H and O–H groups in total. The van der Waals surface area contributed by atoms with Crippen LogP contribution in [0.2, 0.25) is 5.02 Å². The van der Waals surface area contributed by atoms with Gasteiger partial charge in [-0.25, -0.2) is 9.78 Å². The van der Waals surface area contributed by atoms with Crippen LogP contribution in [0.3, 0.4) is 0 Å². The molecule has 0 bridgehead atoms. The van der Waals surface area contributed by atoms with Gasteiger partial charge >= 0.3 is 5.97 Å². The van der Waals surface area contributed by atoms with Gasteiger partial charge in [0, 0.05) is 7.05 Å². The molecule has 5 nitrogen and oxygen atoms in total. The predicted molar refractivity (Wildman–Crippen MR) is 71.3 cm³/mol. The summed E-state index contributed by atoms with van der Waals surface area (Å²) < 4.78 is 3.70. The second-order valence-corrected chi connectivity index (χ2v) is 5.02. The maximum Gasteiger partial charge on any atom is 0.355 e. The van der Waals surface area contributed by atoms with Gasteiger partial charge in [-0.3, -0.25) is 4.40 Å². The lowest BCUT2D eigenvalue weighted by molar-refractivity contribution is 0.0685. The summed E-state index contributed by atoms with van der Waals surface area (Å²) in [6, 6.07) is 5.40. The summed E-state index contributed by atoms with van der Waals surface area (Å²) >= 11 is 9.38. The number of carboxylic acids is 1. The fraction of sp³-hybridized carbons (Fsp3) is 0.0909. The molecule has 92 valence electrons. The van der Waals surface area contributed by atoms with Gasteiger partial charge in [-0.1, -0.05) is 17.7 Å². The maximum atomic E-state index is 11.2. The Hall–Kier alpha value is -1.53. The fourth-order valence-corrected chi connectivity index (χ4v) is 3.04. The molecule has 0 radical (unpaired) electrons. The zero-order valence-electron chi connectivity index (χ0n) is 9.19. The highest BCUT2D eigenvalue weighted by molar-refractivity contribution is 9.10. The number of imidazole rings is 2. The van der Waals surface area contributed by atoms with Crippen LogP contribution in [0.1, 0.15) is 10.5 Å². The zero-order valence-corrected chi connectivity index (χ0v) is 11.5. The minimum Gasteiger partial charge on any atom is -0.476 e. The molecule has 0 aliphatic heterocycles. The number of carbonyl (C=O) groups is 1. The first-order chi connectivity index (χ1) is 8.52. The average Bonchev–Trinajstić information content (AvgIpc) is 2.78. The van der Waals surface area contributed by atoms with E-state index in [1.165, 1.54) is 4.57 Å². The molecule has 7 heteroatoms.